The van der Waals surface area contributed by atoms with Crippen molar-refractivity contribution >= 4 is 11.6 Å². The van der Waals surface area contributed by atoms with Crippen molar-refractivity contribution in [1.82, 2.24) is 15.0 Å². The molecule has 5 heteroatoms. The van der Waals surface area contributed by atoms with Crippen LogP contribution in [0.15, 0.2) is 206 Å². The van der Waals surface area contributed by atoms with Crippen LogP contribution in [0.3, 0.4) is 0 Å². The van der Waals surface area contributed by atoms with E-state index in [4.69, 9.17) is 19.7 Å². The average molecular weight is 731 g/mol. The van der Waals surface area contributed by atoms with E-state index in [0.717, 1.165) is 72.6 Å². The number of hydrogen-bond donors (Lipinski definition) is 0. The summed E-state index contributed by atoms with van der Waals surface area (Å²) >= 11 is 0. The fourth-order valence-corrected chi connectivity index (χ4v) is 8.61. The van der Waals surface area contributed by atoms with E-state index in [-0.39, 0.29) is 0 Å². The molecule has 0 radical (unpaired) electrons. The van der Waals surface area contributed by atoms with Gasteiger partial charge < -0.3 is 4.74 Å². The molecule has 2 aliphatic rings. The lowest BCUT2D eigenvalue weighted by Crippen LogP contribution is -2.44. The molecule has 1 aliphatic carbocycles. The van der Waals surface area contributed by atoms with Crippen LogP contribution in [0.25, 0.3) is 56.2 Å². The molecule has 0 saturated heterocycles. The van der Waals surface area contributed by atoms with E-state index >= 15 is 0 Å². The topological polar surface area (TPSA) is 51.1 Å². The highest BCUT2D eigenvalue weighted by molar-refractivity contribution is 5.90. The molecule has 1 aliphatic heterocycles. The minimum Gasteiger partial charge on any atom is -0.455 e. The summed E-state index contributed by atoms with van der Waals surface area (Å²) in [7, 11) is 0. The largest absolute Gasteiger partial charge is 0.455 e. The van der Waals surface area contributed by atoms with Crippen LogP contribution in [-0.2, 0) is 5.54 Å². The summed E-state index contributed by atoms with van der Waals surface area (Å²) in [5, 5.41) is 0. The first-order valence-corrected chi connectivity index (χ1v) is 19.2. The van der Waals surface area contributed by atoms with Gasteiger partial charge in [-0.25, -0.2) is 4.98 Å². The molecule has 0 unspecified atom stereocenters. The average Bonchev–Trinajstić information content (AvgIpc) is 3.50. The monoisotopic (exact) mass is 730 g/mol. The Morgan fingerprint density at radius 2 is 0.737 bits per heavy atom. The molecule has 268 valence electrons. The fraction of sp³-hybridized carbons (Fsp3) is 0.0192. The first-order valence-electron chi connectivity index (χ1n) is 19.2. The molecule has 5 nitrogen and oxygen atoms in total. The maximum atomic E-state index is 6.90. The van der Waals surface area contributed by atoms with Crippen molar-refractivity contribution in [1.29, 1.82) is 0 Å². The van der Waals surface area contributed by atoms with E-state index in [1.807, 2.05) is 30.3 Å². The zero-order chi connectivity index (χ0) is 37.8. The normalized spacial score (nSPS) is 13.2. The van der Waals surface area contributed by atoms with E-state index in [2.05, 4.69) is 181 Å². The lowest BCUT2D eigenvalue weighted by Gasteiger charge is -2.42. The third-order valence-corrected chi connectivity index (χ3v) is 11.2. The molecular formula is C52H34N4O. The Morgan fingerprint density at radius 3 is 1.28 bits per heavy atom. The van der Waals surface area contributed by atoms with Gasteiger partial charge in [0.25, 0.3) is 0 Å². The van der Waals surface area contributed by atoms with Gasteiger partial charge in [0.1, 0.15) is 11.3 Å². The van der Waals surface area contributed by atoms with Crippen molar-refractivity contribution in [2.24, 2.45) is 0 Å². The van der Waals surface area contributed by atoms with Crippen molar-refractivity contribution < 1.29 is 4.74 Å². The van der Waals surface area contributed by atoms with Gasteiger partial charge >= 0.3 is 0 Å². The smallest absolute Gasteiger partial charge is 0.235 e. The van der Waals surface area contributed by atoms with Crippen LogP contribution in [0, 0.1) is 0 Å². The molecule has 57 heavy (non-hydrogen) atoms. The first-order chi connectivity index (χ1) is 28.3. The lowest BCUT2D eigenvalue weighted by atomic mass is 9.78. The second-order valence-electron chi connectivity index (χ2n) is 14.4. The maximum Gasteiger partial charge on any atom is 0.235 e. The van der Waals surface area contributed by atoms with Gasteiger partial charge in [-0.1, -0.05) is 188 Å². The van der Waals surface area contributed by atoms with Crippen LogP contribution >= 0.6 is 0 Å². The van der Waals surface area contributed by atoms with Gasteiger partial charge in [-0.3, -0.25) is 4.90 Å². The Morgan fingerprint density at radius 1 is 0.333 bits per heavy atom. The molecule has 0 amide bonds. The Balaban J connectivity index is 1.19. The molecule has 11 rings (SSSR count). The number of aromatic nitrogens is 3. The predicted octanol–water partition coefficient (Wildman–Crippen LogP) is 12.8. The number of ether oxygens (including phenoxy) is 1. The third kappa shape index (κ3) is 5.28. The van der Waals surface area contributed by atoms with Crippen LogP contribution in [0.4, 0.5) is 11.6 Å². The summed E-state index contributed by atoms with van der Waals surface area (Å²) in [6.07, 6.45) is 0. The van der Waals surface area contributed by atoms with Gasteiger partial charge in [0, 0.05) is 16.7 Å². The van der Waals surface area contributed by atoms with Crippen molar-refractivity contribution in [3.8, 4) is 67.7 Å². The molecule has 8 aromatic carbocycles. The number of nitrogens with zero attached hydrogens (tertiary/aromatic N) is 4. The van der Waals surface area contributed by atoms with Crippen LogP contribution in [0.1, 0.15) is 16.7 Å². The minimum absolute atomic E-state index is 0.508. The second-order valence-corrected chi connectivity index (χ2v) is 14.4. The Labute approximate surface area is 331 Å². The van der Waals surface area contributed by atoms with Crippen LogP contribution in [-0.4, -0.2) is 15.0 Å². The van der Waals surface area contributed by atoms with Gasteiger partial charge in [-0.2, -0.15) is 9.97 Å². The summed E-state index contributed by atoms with van der Waals surface area (Å²) in [4.78, 5) is 18.4. The van der Waals surface area contributed by atoms with Gasteiger partial charge in [0.2, 0.25) is 5.95 Å². The van der Waals surface area contributed by atoms with Crippen LogP contribution < -0.4 is 9.64 Å². The van der Waals surface area contributed by atoms with Crippen LogP contribution in [0.2, 0.25) is 0 Å². The molecule has 1 aromatic heterocycles. The highest BCUT2D eigenvalue weighted by Gasteiger charge is 2.54. The molecule has 0 fully saturated rings. The molecule has 0 saturated carbocycles. The highest BCUT2D eigenvalue weighted by atomic mass is 16.5. The number of benzene rings is 8. The SMILES string of the molecule is c1ccc(-c2ccc(-c3nc(-c4ccc(-c5ccccc5)cc4)nc(N4c5ccccc5Oc5ccccc5C45c4ccccc4-c4ccccc45)n3)cc2)cc1. The van der Waals surface area contributed by atoms with Gasteiger partial charge in [-0.05, 0) is 62.7 Å². The van der Waals surface area contributed by atoms with Gasteiger partial charge in [-0.15, -0.1) is 0 Å². The molecule has 2 heterocycles. The second kappa shape index (κ2) is 13.3. The number of rotatable bonds is 5. The van der Waals surface area contributed by atoms with E-state index in [1.165, 1.54) is 0 Å². The van der Waals surface area contributed by atoms with Crippen molar-refractivity contribution in [2.45, 2.75) is 5.54 Å². The summed E-state index contributed by atoms with van der Waals surface area (Å²) in [5.41, 5.74) is 11.9. The number of para-hydroxylation sites is 3. The number of fused-ring (bicyclic) bond motifs is 8. The van der Waals surface area contributed by atoms with Crippen molar-refractivity contribution in [3.05, 3.63) is 223 Å². The molecule has 9 aromatic rings. The molecule has 0 bridgehead atoms. The minimum atomic E-state index is -0.902. The zero-order valence-electron chi connectivity index (χ0n) is 30.8. The van der Waals surface area contributed by atoms with Gasteiger partial charge in [0.05, 0.1) is 5.69 Å². The maximum absolute atomic E-state index is 6.90. The predicted molar refractivity (Wildman–Crippen MR) is 228 cm³/mol. The molecule has 1 spiro atoms. The molecule has 0 N–H and O–H groups in total. The lowest BCUT2D eigenvalue weighted by molar-refractivity contribution is 0.480. The Kier molecular flexibility index (Phi) is 7.64. The standard InChI is InChI=1S/C52H34N4O/c1-3-15-35(16-4-1)37-27-31-39(32-28-37)49-53-50(40-33-29-38(30-34-40)36-17-5-2-6-18-36)55-51(54-49)56-46-24-12-14-26-48(46)57-47-25-13-11-23-45(47)52(56)43-21-9-7-19-41(43)42-20-8-10-22-44(42)52/h1-34H. The quantitative estimate of drug-likeness (QED) is 0.176. The number of anilines is 2. The summed E-state index contributed by atoms with van der Waals surface area (Å²) in [6.45, 7) is 0. The highest BCUT2D eigenvalue weighted by Crippen LogP contribution is 2.61. The van der Waals surface area contributed by atoms with E-state index in [9.17, 15) is 0 Å². The molecular weight excluding hydrogens is 697 g/mol. The van der Waals surface area contributed by atoms with Crippen molar-refractivity contribution in [3.63, 3.8) is 0 Å². The summed E-state index contributed by atoms with van der Waals surface area (Å²) in [6, 6.07) is 71.8. The van der Waals surface area contributed by atoms with Crippen LogP contribution in [0.5, 0.6) is 11.5 Å². The van der Waals surface area contributed by atoms with E-state index in [0.29, 0.717) is 23.3 Å². The molecule has 0 atom stereocenters. The van der Waals surface area contributed by atoms with E-state index in [1.54, 1.807) is 0 Å². The van der Waals surface area contributed by atoms with E-state index < -0.39 is 5.54 Å². The first kappa shape index (κ1) is 32.8. The van der Waals surface area contributed by atoms with Gasteiger partial charge in [0.15, 0.2) is 17.4 Å². The Hall–Kier alpha value is -7.63. The summed E-state index contributed by atoms with van der Waals surface area (Å²) in [5.74, 6) is 3.15. The number of hydrogen-bond acceptors (Lipinski definition) is 5. The zero-order valence-corrected chi connectivity index (χ0v) is 30.8. The summed E-state index contributed by atoms with van der Waals surface area (Å²) < 4.78 is 6.90. The van der Waals surface area contributed by atoms with Crippen molar-refractivity contribution in [2.75, 3.05) is 4.90 Å². The Bertz CT molecular complexity index is 2780. The fourth-order valence-electron chi connectivity index (χ4n) is 8.61. The third-order valence-electron chi connectivity index (χ3n) is 11.2.